The predicted octanol–water partition coefficient (Wildman–Crippen LogP) is 3.74. The fourth-order valence-electron chi connectivity index (χ4n) is 6.39. The first-order chi connectivity index (χ1) is 19.5. The molecular weight excluding hydrogens is 510 g/mol. The predicted molar refractivity (Wildman–Crippen MR) is 166 cm³/mol. The van der Waals surface area contributed by atoms with Crippen molar-refractivity contribution >= 4 is 17.4 Å². The van der Waals surface area contributed by atoms with Crippen LogP contribution in [0.15, 0.2) is 60.2 Å². The monoisotopic (exact) mass is 553 g/mol. The number of carbonyl (C=O) groups excluding carboxylic acids is 1. The summed E-state index contributed by atoms with van der Waals surface area (Å²) in [5, 5.41) is 13.2. The number of likely N-dealkylation sites (tertiary alicyclic amines) is 1. The highest BCUT2D eigenvalue weighted by Gasteiger charge is 2.44. The van der Waals surface area contributed by atoms with Gasteiger partial charge < -0.3 is 27.4 Å². The average Bonchev–Trinajstić information content (AvgIpc) is 3.37. The normalized spacial score (nSPS) is 21.0. The van der Waals surface area contributed by atoms with Crippen LogP contribution in [0, 0.1) is 11.3 Å². The molecule has 0 spiro atoms. The molecule has 1 aliphatic carbocycles. The van der Waals surface area contributed by atoms with Crippen molar-refractivity contribution in [3.8, 4) is 6.07 Å². The quantitative estimate of drug-likeness (QED) is 0.260. The number of hydrogen-bond donors (Lipinski definition) is 4. The highest BCUT2D eigenvalue weighted by Crippen LogP contribution is 2.44. The number of hydrogen-bond acceptors (Lipinski definition) is 6. The first-order valence-corrected chi connectivity index (χ1v) is 14.4. The van der Waals surface area contributed by atoms with Crippen LogP contribution in [0.2, 0.25) is 0 Å². The molecule has 0 bridgehead atoms. The standard InChI is InChI=1S/C33H43N7O/c1-20(2)39-32(37)33(17-21(3)38-19-22(4)40-14-6-7-28(40)18-34)29-12-10-24(23(5)35)15-25(29)8-9-26-16-27(31(36)41)11-13-30(26)33/h10-13,15-16,20-21,28,38H,4-9,14,17,19,35H2,1-3H3,(H2,36,41)(H2,37,39)/t21-,28?,33?/m0/s1. The number of nitrogens with one attached hydrogen (secondary N) is 1. The molecule has 0 radical (unpaired) electrons. The van der Waals surface area contributed by atoms with Crippen molar-refractivity contribution in [2.45, 2.75) is 76.4 Å². The van der Waals surface area contributed by atoms with Crippen molar-refractivity contribution in [1.82, 2.24) is 10.2 Å². The molecule has 4 rings (SSSR count). The van der Waals surface area contributed by atoms with E-state index in [0.717, 1.165) is 59.3 Å². The Morgan fingerprint density at radius 3 is 2.27 bits per heavy atom. The fourth-order valence-corrected chi connectivity index (χ4v) is 6.39. The Bertz CT molecular complexity index is 1350. The first kappa shape index (κ1) is 29.9. The van der Waals surface area contributed by atoms with Gasteiger partial charge in [-0.15, -0.1) is 0 Å². The van der Waals surface area contributed by atoms with Gasteiger partial charge in [-0.1, -0.05) is 31.4 Å². The molecule has 1 aliphatic heterocycles. The Morgan fingerprint density at radius 1 is 1.10 bits per heavy atom. The highest BCUT2D eigenvalue weighted by atomic mass is 16.1. The third-order valence-electron chi connectivity index (χ3n) is 8.36. The summed E-state index contributed by atoms with van der Waals surface area (Å²) in [6, 6.07) is 14.1. The Labute approximate surface area is 244 Å². The van der Waals surface area contributed by atoms with Gasteiger partial charge in [0.25, 0.3) is 0 Å². The summed E-state index contributed by atoms with van der Waals surface area (Å²) in [4.78, 5) is 19.2. The van der Waals surface area contributed by atoms with Crippen molar-refractivity contribution in [3.63, 3.8) is 0 Å². The summed E-state index contributed by atoms with van der Waals surface area (Å²) in [7, 11) is 0. The van der Waals surface area contributed by atoms with Crippen molar-refractivity contribution in [3.05, 3.63) is 88.6 Å². The second-order valence-corrected chi connectivity index (χ2v) is 11.7. The molecule has 41 heavy (non-hydrogen) atoms. The molecule has 2 aromatic rings. The number of nitrogens with two attached hydrogens (primary N) is 3. The molecule has 8 nitrogen and oxygen atoms in total. The van der Waals surface area contributed by atoms with Crippen LogP contribution in [0.4, 0.5) is 0 Å². The maximum Gasteiger partial charge on any atom is 0.248 e. The van der Waals surface area contributed by atoms with Crippen molar-refractivity contribution in [2.24, 2.45) is 22.2 Å². The lowest BCUT2D eigenvalue weighted by atomic mass is 9.67. The number of amidine groups is 1. The Balaban J connectivity index is 1.82. The van der Waals surface area contributed by atoms with E-state index in [1.807, 2.05) is 32.0 Å². The molecule has 0 saturated carbocycles. The number of nitriles is 1. The van der Waals surface area contributed by atoms with Gasteiger partial charge in [0.1, 0.15) is 11.9 Å². The maximum atomic E-state index is 12.1. The number of fused-ring (bicyclic) bond motifs is 2. The Hall–Kier alpha value is -4.09. The largest absolute Gasteiger partial charge is 0.399 e. The highest BCUT2D eigenvalue weighted by molar-refractivity contribution is 5.98. The van der Waals surface area contributed by atoms with Gasteiger partial charge in [0.2, 0.25) is 5.91 Å². The van der Waals surface area contributed by atoms with Crippen LogP contribution in [-0.2, 0) is 18.3 Å². The molecule has 7 N–H and O–H groups in total. The minimum absolute atomic E-state index is 0.00503. The molecule has 216 valence electrons. The lowest BCUT2D eigenvalue weighted by Gasteiger charge is -2.39. The second kappa shape index (κ2) is 12.2. The van der Waals surface area contributed by atoms with E-state index in [9.17, 15) is 10.1 Å². The van der Waals surface area contributed by atoms with Crippen LogP contribution in [-0.4, -0.2) is 47.9 Å². The zero-order valence-electron chi connectivity index (χ0n) is 24.5. The van der Waals surface area contributed by atoms with Crippen LogP contribution in [0.1, 0.15) is 78.2 Å². The summed E-state index contributed by atoms with van der Waals surface area (Å²) < 4.78 is 0. The van der Waals surface area contributed by atoms with E-state index in [0.29, 0.717) is 36.5 Å². The third-order valence-corrected chi connectivity index (χ3v) is 8.36. The number of nitrogens with zero attached hydrogens (tertiary/aromatic N) is 3. The van der Waals surface area contributed by atoms with Gasteiger partial charge in [-0.2, -0.15) is 5.26 Å². The summed E-state index contributed by atoms with van der Waals surface area (Å²) in [5.41, 5.74) is 25.1. The van der Waals surface area contributed by atoms with Crippen molar-refractivity contribution in [2.75, 3.05) is 13.1 Å². The number of carbonyl (C=O) groups is 1. The van der Waals surface area contributed by atoms with E-state index in [1.165, 1.54) is 0 Å². The van der Waals surface area contributed by atoms with Gasteiger partial charge in [-0.05, 0) is 98.9 Å². The average molecular weight is 554 g/mol. The SMILES string of the molecule is C=C(N)c1ccc2c(c1)CCc1cc(C(N)=O)ccc1C2(C[C@H](C)NCC(=C)N1CCCC1C#N)C(N)=NC(C)C. The van der Waals surface area contributed by atoms with Gasteiger partial charge in [-0.3, -0.25) is 9.79 Å². The Kier molecular flexibility index (Phi) is 8.89. The van der Waals surface area contributed by atoms with E-state index >= 15 is 0 Å². The molecular formula is C33H43N7O. The summed E-state index contributed by atoms with van der Waals surface area (Å²) >= 11 is 0. The number of primary amides is 1. The minimum Gasteiger partial charge on any atom is -0.399 e. The topological polar surface area (TPSA) is 147 Å². The third kappa shape index (κ3) is 6.01. The number of rotatable bonds is 10. The molecule has 0 aromatic heterocycles. The minimum atomic E-state index is -0.771. The van der Waals surface area contributed by atoms with Gasteiger partial charge in [0.15, 0.2) is 0 Å². The van der Waals surface area contributed by atoms with Gasteiger partial charge in [0.05, 0.1) is 11.5 Å². The van der Waals surface area contributed by atoms with E-state index in [1.54, 1.807) is 6.07 Å². The molecule has 2 aliphatic rings. The van der Waals surface area contributed by atoms with Crippen LogP contribution in [0.25, 0.3) is 5.70 Å². The molecule has 1 amide bonds. The van der Waals surface area contributed by atoms with Gasteiger partial charge in [0, 0.05) is 42.1 Å². The molecule has 1 saturated heterocycles. The van der Waals surface area contributed by atoms with E-state index in [-0.39, 0.29) is 18.1 Å². The van der Waals surface area contributed by atoms with Crippen LogP contribution in [0.3, 0.4) is 0 Å². The summed E-state index contributed by atoms with van der Waals surface area (Å²) in [6.07, 6.45) is 3.93. The molecule has 1 fully saturated rings. The van der Waals surface area contributed by atoms with Gasteiger partial charge in [-0.25, -0.2) is 0 Å². The van der Waals surface area contributed by atoms with E-state index in [2.05, 4.69) is 48.5 Å². The van der Waals surface area contributed by atoms with Gasteiger partial charge >= 0.3 is 0 Å². The molecule has 2 unspecified atom stereocenters. The zero-order valence-corrected chi connectivity index (χ0v) is 24.5. The number of aliphatic imine (C=N–C) groups is 1. The summed E-state index contributed by atoms with van der Waals surface area (Å²) in [6.45, 7) is 15.8. The van der Waals surface area contributed by atoms with E-state index < -0.39 is 11.3 Å². The molecule has 1 heterocycles. The fraction of sp³-hybridized carbons (Fsp3) is 0.424. The Morgan fingerprint density at radius 2 is 1.71 bits per heavy atom. The molecule has 8 heteroatoms. The summed E-state index contributed by atoms with van der Waals surface area (Å²) in [5.74, 6) is 0.0662. The zero-order chi connectivity index (χ0) is 29.9. The molecule has 3 atom stereocenters. The van der Waals surface area contributed by atoms with Crippen LogP contribution < -0.4 is 22.5 Å². The van der Waals surface area contributed by atoms with Crippen LogP contribution >= 0.6 is 0 Å². The van der Waals surface area contributed by atoms with Crippen molar-refractivity contribution < 1.29 is 4.79 Å². The second-order valence-electron chi connectivity index (χ2n) is 11.7. The van der Waals surface area contributed by atoms with Crippen LogP contribution in [0.5, 0.6) is 0 Å². The maximum absolute atomic E-state index is 12.1. The smallest absolute Gasteiger partial charge is 0.248 e. The number of amides is 1. The number of benzene rings is 2. The molecule has 2 aromatic carbocycles. The van der Waals surface area contributed by atoms with Crippen molar-refractivity contribution in [1.29, 1.82) is 5.26 Å². The lowest BCUT2D eigenvalue weighted by molar-refractivity contribution is 0.1000. The lowest BCUT2D eigenvalue weighted by Crippen LogP contribution is -2.48. The number of aryl methyl sites for hydroxylation is 2. The first-order valence-electron chi connectivity index (χ1n) is 14.4. The van der Waals surface area contributed by atoms with E-state index in [4.69, 9.17) is 22.2 Å².